The van der Waals surface area contributed by atoms with Crippen LogP contribution in [0.5, 0.6) is 0 Å². The molecule has 2 amide bonds. The van der Waals surface area contributed by atoms with Crippen LogP contribution < -0.4 is 10.6 Å². The molecule has 6 heteroatoms. The molecule has 3 rings (SSSR count). The molecule has 1 aromatic heterocycles. The minimum Gasteiger partial charge on any atom is -0.451 e. The molecule has 1 saturated carbocycles. The van der Waals surface area contributed by atoms with Gasteiger partial charge < -0.3 is 15.1 Å². The van der Waals surface area contributed by atoms with Gasteiger partial charge in [0.2, 0.25) is 5.91 Å². The zero-order valence-electron chi connectivity index (χ0n) is 14.7. The van der Waals surface area contributed by atoms with Crippen molar-refractivity contribution in [2.45, 2.75) is 32.1 Å². The van der Waals surface area contributed by atoms with E-state index in [-0.39, 0.29) is 42.5 Å². The van der Waals surface area contributed by atoms with Gasteiger partial charge in [-0.25, -0.2) is 0 Å². The number of fused-ring (bicyclic) bond motifs is 1. The zero-order chi connectivity index (χ0) is 18.4. The Morgan fingerprint density at radius 1 is 1.19 bits per heavy atom. The van der Waals surface area contributed by atoms with Crippen LogP contribution in [0.25, 0.3) is 11.0 Å². The Kier molecular flexibility index (Phi) is 5.90. The van der Waals surface area contributed by atoms with Gasteiger partial charge in [0.1, 0.15) is 12.1 Å². The highest BCUT2D eigenvalue weighted by Gasteiger charge is 2.30. The summed E-state index contributed by atoms with van der Waals surface area (Å²) < 4.78 is 5.58. The van der Waals surface area contributed by atoms with E-state index in [0.717, 1.165) is 31.1 Å². The number of nitriles is 1. The third kappa shape index (κ3) is 4.23. The van der Waals surface area contributed by atoms with Gasteiger partial charge in [0.15, 0.2) is 5.76 Å². The van der Waals surface area contributed by atoms with Gasteiger partial charge in [0, 0.05) is 11.9 Å². The first kappa shape index (κ1) is 18.0. The van der Waals surface area contributed by atoms with Gasteiger partial charge in [-0.2, -0.15) is 5.26 Å². The van der Waals surface area contributed by atoms with Crippen LogP contribution in [-0.2, 0) is 4.79 Å². The third-order valence-corrected chi connectivity index (χ3v) is 5.03. The lowest BCUT2D eigenvalue weighted by molar-refractivity contribution is -0.126. The Bertz CT molecular complexity index is 782. The van der Waals surface area contributed by atoms with Crippen LogP contribution >= 0.6 is 0 Å². The van der Waals surface area contributed by atoms with Crippen LogP contribution in [0.2, 0.25) is 0 Å². The van der Waals surface area contributed by atoms with Crippen LogP contribution in [0, 0.1) is 23.2 Å². The fraction of sp³-hybridized carbons (Fsp3) is 0.450. The number of furan rings is 1. The van der Waals surface area contributed by atoms with Crippen molar-refractivity contribution < 1.29 is 14.0 Å². The highest BCUT2D eigenvalue weighted by molar-refractivity contribution is 5.96. The molecule has 0 saturated heterocycles. The third-order valence-electron chi connectivity index (χ3n) is 5.03. The van der Waals surface area contributed by atoms with Crippen molar-refractivity contribution in [2.75, 3.05) is 13.1 Å². The molecule has 2 aromatic rings. The number of amides is 2. The first-order valence-electron chi connectivity index (χ1n) is 9.10. The van der Waals surface area contributed by atoms with E-state index in [0.29, 0.717) is 5.58 Å². The normalized spacial score (nSPS) is 16.0. The minimum absolute atomic E-state index is 0.0143. The highest BCUT2D eigenvalue weighted by atomic mass is 16.3. The fourth-order valence-electron chi connectivity index (χ4n) is 3.65. The molecule has 0 aliphatic heterocycles. The average Bonchev–Trinajstić information content (AvgIpc) is 3.11. The Labute approximate surface area is 152 Å². The van der Waals surface area contributed by atoms with Gasteiger partial charge in [0.05, 0.1) is 12.0 Å². The fourth-order valence-corrected chi connectivity index (χ4v) is 3.65. The van der Waals surface area contributed by atoms with E-state index in [1.807, 2.05) is 30.3 Å². The SMILES string of the molecule is N#CCNC(=O)C(CNC(=O)c1cc2ccccc2o1)C1CCCCC1. The molecule has 0 radical (unpaired) electrons. The molecule has 1 aliphatic carbocycles. The number of nitrogens with zero attached hydrogens (tertiary/aromatic N) is 1. The topological polar surface area (TPSA) is 95.1 Å². The molecule has 1 aliphatic rings. The molecule has 6 nitrogen and oxygen atoms in total. The lowest BCUT2D eigenvalue weighted by Crippen LogP contribution is -2.43. The maximum absolute atomic E-state index is 12.5. The number of hydrogen-bond donors (Lipinski definition) is 2. The summed E-state index contributed by atoms with van der Waals surface area (Å²) in [4.78, 5) is 24.9. The number of carbonyl (C=O) groups excluding carboxylic acids is 2. The standard InChI is InChI=1S/C20H23N3O3/c21-10-11-22-19(24)16(14-6-2-1-3-7-14)13-23-20(25)18-12-15-8-4-5-9-17(15)26-18/h4-5,8-9,12,14,16H,1-3,6-7,11,13H2,(H,22,24)(H,23,25). The molecule has 0 spiro atoms. The average molecular weight is 353 g/mol. The number of nitrogens with one attached hydrogen (secondary N) is 2. The van der Waals surface area contributed by atoms with Crippen LogP contribution in [0.1, 0.15) is 42.7 Å². The van der Waals surface area contributed by atoms with E-state index >= 15 is 0 Å². The van der Waals surface area contributed by atoms with Crippen LogP contribution in [-0.4, -0.2) is 24.9 Å². The van der Waals surface area contributed by atoms with Gasteiger partial charge in [0.25, 0.3) is 5.91 Å². The summed E-state index contributed by atoms with van der Waals surface area (Å²) in [6.07, 6.45) is 5.35. The molecule has 1 atom stereocenters. The van der Waals surface area contributed by atoms with E-state index in [1.165, 1.54) is 6.42 Å². The maximum atomic E-state index is 12.5. The summed E-state index contributed by atoms with van der Waals surface area (Å²) in [5.74, 6) is -0.333. The van der Waals surface area contributed by atoms with E-state index in [9.17, 15) is 9.59 Å². The van der Waals surface area contributed by atoms with Gasteiger partial charge in [-0.1, -0.05) is 37.5 Å². The Hall–Kier alpha value is -2.81. The summed E-state index contributed by atoms with van der Waals surface area (Å²) in [5, 5.41) is 15.0. The van der Waals surface area contributed by atoms with Crippen LogP contribution in [0.3, 0.4) is 0 Å². The molecule has 1 fully saturated rings. The van der Waals surface area contributed by atoms with E-state index < -0.39 is 0 Å². The Morgan fingerprint density at radius 2 is 1.96 bits per heavy atom. The van der Waals surface area contributed by atoms with E-state index in [1.54, 1.807) is 6.07 Å². The van der Waals surface area contributed by atoms with Crippen molar-refractivity contribution >= 4 is 22.8 Å². The number of rotatable bonds is 6. The second-order valence-corrected chi connectivity index (χ2v) is 6.74. The highest BCUT2D eigenvalue weighted by Crippen LogP contribution is 2.30. The maximum Gasteiger partial charge on any atom is 0.287 e. The molecule has 1 heterocycles. The first-order valence-corrected chi connectivity index (χ1v) is 9.10. The molecule has 0 bridgehead atoms. The van der Waals surface area contributed by atoms with Crippen LogP contribution in [0.4, 0.5) is 0 Å². The monoisotopic (exact) mass is 353 g/mol. The molecular formula is C20H23N3O3. The van der Waals surface area contributed by atoms with Gasteiger partial charge in [-0.15, -0.1) is 0 Å². The smallest absolute Gasteiger partial charge is 0.287 e. The lowest BCUT2D eigenvalue weighted by atomic mass is 9.79. The first-order chi connectivity index (χ1) is 12.7. The molecule has 1 aromatic carbocycles. The predicted octanol–water partition coefficient (Wildman–Crippen LogP) is 3.00. The number of hydrogen-bond acceptors (Lipinski definition) is 4. The van der Waals surface area contributed by atoms with Crippen molar-refractivity contribution in [2.24, 2.45) is 11.8 Å². The summed E-state index contributed by atoms with van der Waals surface area (Å²) in [6, 6.07) is 11.1. The largest absolute Gasteiger partial charge is 0.451 e. The number of para-hydroxylation sites is 1. The van der Waals surface area contributed by atoms with Crippen molar-refractivity contribution in [1.82, 2.24) is 10.6 Å². The number of carbonyl (C=O) groups is 2. The van der Waals surface area contributed by atoms with Crippen molar-refractivity contribution in [1.29, 1.82) is 5.26 Å². The van der Waals surface area contributed by atoms with Crippen molar-refractivity contribution in [3.8, 4) is 6.07 Å². The predicted molar refractivity (Wildman–Crippen MR) is 97.2 cm³/mol. The second kappa shape index (κ2) is 8.52. The zero-order valence-corrected chi connectivity index (χ0v) is 14.7. The molecule has 136 valence electrons. The minimum atomic E-state index is -0.324. The second-order valence-electron chi connectivity index (χ2n) is 6.74. The van der Waals surface area contributed by atoms with Crippen molar-refractivity contribution in [3.05, 3.63) is 36.1 Å². The van der Waals surface area contributed by atoms with E-state index in [4.69, 9.17) is 9.68 Å². The molecular weight excluding hydrogens is 330 g/mol. The molecule has 1 unspecified atom stereocenters. The van der Waals surface area contributed by atoms with Gasteiger partial charge >= 0.3 is 0 Å². The Morgan fingerprint density at radius 3 is 2.69 bits per heavy atom. The molecule has 2 N–H and O–H groups in total. The summed E-state index contributed by atoms with van der Waals surface area (Å²) in [6.45, 7) is 0.234. The quantitative estimate of drug-likeness (QED) is 0.781. The van der Waals surface area contributed by atoms with Gasteiger partial charge in [-0.3, -0.25) is 9.59 Å². The molecule has 26 heavy (non-hydrogen) atoms. The summed E-state index contributed by atoms with van der Waals surface area (Å²) in [7, 11) is 0. The van der Waals surface area contributed by atoms with Crippen molar-refractivity contribution in [3.63, 3.8) is 0 Å². The van der Waals surface area contributed by atoms with Gasteiger partial charge in [-0.05, 0) is 30.9 Å². The Balaban J connectivity index is 1.66. The van der Waals surface area contributed by atoms with E-state index in [2.05, 4.69) is 10.6 Å². The summed E-state index contributed by atoms with van der Waals surface area (Å²) in [5.41, 5.74) is 0.660. The van der Waals surface area contributed by atoms with Crippen LogP contribution in [0.15, 0.2) is 34.7 Å². The number of benzene rings is 1. The summed E-state index contributed by atoms with van der Waals surface area (Å²) >= 11 is 0. The lowest BCUT2D eigenvalue weighted by Gasteiger charge is -2.29.